The van der Waals surface area contributed by atoms with Crippen LogP contribution in [0.5, 0.6) is 0 Å². The van der Waals surface area contributed by atoms with Gasteiger partial charge in [0.2, 0.25) is 5.91 Å². The van der Waals surface area contributed by atoms with Gasteiger partial charge in [-0.15, -0.1) is 0 Å². The molecule has 2 aliphatic rings. The Morgan fingerprint density at radius 2 is 1.90 bits per heavy atom. The van der Waals surface area contributed by atoms with Gasteiger partial charge in [-0.3, -0.25) is 9.59 Å². The van der Waals surface area contributed by atoms with E-state index in [0.29, 0.717) is 25.8 Å². The molecule has 2 fully saturated rings. The summed E-state index contributed by atoms with van der Waals surface area (Å²) in [5.41, 5.74) is 0. The van der Waals surface area contributed by atoms with Crippen molar-refractivity contribution < 1.29 is 19.5 Å². The van der Waals surface area contributed by atoms with Gasteiger partial charge in [0.25, 0.3) is 0 Å². The topological polar surface area (TPSA) is 98.7 Å². The van der Waals surface area contributed by atoms with E-state index in [1.54, 1.807) is 4.90 Å². The first-order chi connectivity index (χ1) is 9.88. The van der Waals surface area contributed by atoms with E-state index in [4.69, 9.17) is 5.11 Å². The van der Waals surface area contributed by atoms with Crippen LogP contribution < -0.4 is 10.6 Å². The number of urea groups is 1. The van der Waals surface area contributed by atoms with Crippen LogP contribution in [0.15, 0.2) is 0 Å². The number of carbonyl (C=O) groups excluding carboxylic acids is 2. The summed E-state index contributed by atoms with van der Waals surface area (Å²) in [4.78, 5) is 36.6. The Kier molecular flexibility index (Phi) is 4.69. The third kappa shape index (κ3) is 3.65. The maximum absolute atomic E-state index is 12.2. The molecule has 0 aromatic heterocycles. The van der Waals surface area contributed by atoms with Crippen molar-refractivity contribution in [3.8, 4) is 0 Å². The lowest BCUT2D eigenvalue weighted by molar-refractivity contribution is -0.146. The number of likely N-dealkylation sites (tertiary alicyclic amines) is 1. The maximum atomic E-state index is 12.2. The SMILES string of the molecule is CC(C)NC(=O)N1CCC[C@H]1C(=O)NC1CC(C(=O)O)C1. The zero-order chi connectivity index (χ0) is 15.6. The second-order valence-electron chi connectivity index (χ2n) is 6.17. The van der Waals surface area contributed by atoms with Crippen LogP contribution in [-0.4, -0.2) is 52.6 Å². The Hall–Kier alpha value is -1.79. The highest BCUT2D eigenvalue weighted by Gasteiger charge is 2.39. The van der Waals surface area contributed by atoms with Gasteiger partial charge in [-0.2, -0.15) is 0 Å². The number of aliphatic carboxylic acids is 1. The molecular weight excluding hydrogens is 274 g/mol. The van der Waals surface area contributed by atoms with Gasteiger partial charge in [-0.05, 0) is 39.5 Å². The van der Waals surface area contributed by atoms with Gasteiger partial charge in [0.1, 0.15) is 6.04 Å². The summed E-state index contributed by atoms with van der Waals surface area (Å²) in [7, 11) is 0. The first kappa shape index (κ1) is 15.6. The van der Waals surface area contributed by atoms with Crippen molar-refractivity contribution in [3.05, 3.63) is 0 Å². The Balaban J connectivity index is 1.84. The van der Waals surface area contributed by atoms with Crippen molar-refractivity contribution in [1.82, 2.24) is 15.5 Å². The monoisotopic (exact) mass is 297 g/mol. The van der Waals surface area contributed by atoms with Gasteiger partial charge in [-0.1, -0.05) is 0 Å². The number of carboxylic acids is 1. The molecule has 21 heavy (non-hydrogen) atoms. The Morgan fingerprint density at radius 1 is 1.24 bits per heavy atom. The molecule has 0 aromatic rings. The summed E-state index contributed by atoms with van der Waals surface area (Å²) in [6.45, 7) is 4.34. The zero-order valence-corrected chi connectivity index (χ0v) is 12.5. The van der Waals surface area contributed by atoms with E-state index in [0.717, 1.165) is 6.42 Å². The normalized spacial score (nSPS) is 28.1. The van der Waals surface area contributed by atoms with Gasteiger partial charge in [0.05, 0.1) is 5.92 Å². The second kappa shape index (κ2) is 6.32. The van der Waals surface area contributed by atoms with Gasteiger partial charge >= 0.3 is 12.0 Å². The molecule has 0 unspecified atom stereocenters. The largest absolute Gasteiger partial charge is 0.481 e. The van der Waals surface area contributed by atoms with Crippen molar-refractivity contribution in [3.63, 3.8) is 0 Å². The number of hydrogen-bond donors (Lipinski definition) is 3. The van der Waals surface area contributed by atoms with E-state index in [1.165, 1.54) is 0 Å². The molecule has 7 nitrogen and oxygen atoms in total. The molecule has 3 amide bonds. The average molecular weight is 297 g/mol. The van der Waals surface area contributed by atoms with Gasteiger partial charge in [0.15, 0.2) is 0 Å². The average Bonchev–Trinajstić information content (AvgIpc) is 2.80. The van der Waals surface area contributed by atoms with Crippen LogP contribution in [0, 0.1) is 5.92 Å². The van der Waals surface area contributed by atoms with Crippen LogP contribution in [-0.2, 0) is 9.59 Å². The van der Waals surface area contributed by atoms with Crippen molar-refractivity contribution in [2.75, 3.05) is 6.54 Å². The van der Waals surface area contributed by atoms with Crippen LogP contribution in [0.2, 0.25) is 0 Å². The minimum Gasteiger partial charge on any atom is -0.481 e. The van der Waals surface area contributed by atoms with Crippen LogP contribution >= 0.6 is 0 Å². The first-order valence-corrected chi connectivity index (χ1v) is 7.48. The van der Waals surface area contributed by atoms with Gasteiger partial charge in [0, 0.05) is 18.6 Å². The number of nitrogens with zero attached hydrogens (tertiary/aromatic N) is 1. The molecule has 0 bridgehead atoms. The summed E-state index contributed by atoms with van der Waals surface area (Å²) in [5, 5.41) is 14.5. The molecule has 1 saturated carbocycles. The van der Waals surface area contributed by atoms with Gasteiger partial charge < -0.3 is 20.6 Å². The van der Waals surface area contributed by atoms with Crippen molar-refractivity contribution >= 4 is 17.9 Å². The summed E-state index contributed by atoms with van der Waals surface area (Å²) in [6.07, 6.45) is 2.43. The van der Waals surface area contributed by atoms with E-state index < -0.39 is 12.0 Å². The Labute approximate surface area is 124 Å². The molecule has 3 N–H and O–H groups in total. The summed E-state index contributed by atoms with van der Waals surface area (Å²) >= 11 is 0. The second-order valence-corrected chi connectivity index (χ2v) is 6.17. The molecule has 1 aliphatic heterocycles. The number of carbonyl (C=O) groups is 3. The molecule has 0 aromatic carbocycles. The molecule has 1 aliphatic carbocycles. The van der Waals surface area contributed by atoms with Crippen molar-refractivity contribution in [1.29, 1.82) is 0 Å². The first-order valence-electron chi connectivity index (χ1n) is 7.48. The summed E-state index contributed by atoms with van der Waals surface area (Å²) in [5.74, 6) is -1.32. The van der Waals surface area contributed by atoms with E-state index in [9.17, 15) is 14.4 Å². The highest BCUT2D eigenvalue weighted by molar-refractivity contribution is 5.88. The molecule has 2 rings (SSSR count). The molecule has 0 radical (unpaired) electrons. The minimum atomic E-state index is -0.806. The van der Waals surface area contributed by atoms with E-state index in [-0.39, 0.29) is 29.9 Å². The molecule has 7 heteroatoms. The third-order valence-corrected chi connectivity index (χ3v) is 4.06. The molecule has 1 atom stereocenters. The predicted molar refractivity (Wildman–Crippen MR) is 75.7 cm³/mol. The van der Waals surface area contributed by atoms with Crippen LogP contribution in [0.3, 0.4) is 0 Å². The highest BCUT2D eigenvalue weighted by Crippen LogP contribution is 2.28. The van der Waals surface area contributed by atoms with E-state index in [1.807, 2.05) is 13.8 Å². The van der Waals surface area contributed by atoms with Crippen LogP contribution in [0.1, 0.15) is 39.5 Å². The predicted octanol–water partition coefficient (Wildman–Crippen LogP) is 0.548. The Bertz CT molecular complexity index is 432. The van der Waals surface area contributed by atoms with Crippen LogP contribution in [0.25, 0.3) is 0 Å². The van der Waals surface area contributed by atoms with E-state index >= 15 is 0 Å². The number of nitrogens with one attached hydrogen (secondary N) is 2. The minimum absolute atomic E-state index is 0.0322. The quantitative estimate of drug-likeness (QED) is 0.705. The fourth-order valence-electron chi connectivity index (χ4n) is 2.85. The third-order valence-electron chi connectivity index (χ3n) is 4.06. The standard InChI is InChI=1S/C14H23N3O4/c1-8(2)15-14(21)17-5-3-4-11(17)12(18)16-10-6-9(7-10)13(19)20/h8-11H,3-7H2,1-2H3,(H,15,21)(H,16,18)(H,19,20)/t9?,10?,11-/m0/s1. The number of rotatable bonds is 4. The van der Waals surface area contributed by atoms with E-state index in [2.05, 4.69) is 10.6 Å². The summed E-state index contributed by atoms with van der Waals surface area (Å²) < 4.78 is 0. The maximum Gasteiger partial charge on any atom is 0.318 e. The lowest BCUT2D eigenvalue weighted by atomic mass is 9.80. The van der Waals surface area contributed by atoms with Crippen LogP contribution in [0.4, 0.5) is 4.79 Å². The molecule has 118 valence electrons. The molecule has 1 saturated heterocycles. The van der Waals surface area contributed by atoms with Crippen molar-refractivity contribution in [2.45, 2.75) is 57.7 Å². The van der Waals surface area contributed by atoms with Crippen molar-refractivity contribution in [2.24, 2.45) is 5.92 Å². The lowest BCUT2D eigenvalue weighted by Crippen LogP contribution is -2.55. The smallest absolute Gasteiger partial charge is 0.318 e. The Morgan fingerprint density at radius 3 is 2.48 bits per heavy atom. The fraction of sp³-hybridized carbons (Fsp3) is 0.786. The molecule has 0 spiro atoms. The molecular formula is C14H23N3O4. The lowest BCUT2D eigenvalue weighted by Gasteiger charge is -2.34. The zero-order valence-electron chi connectivity index (χ0n) is 12.5. The number of amides is 3. The number of hydrogen-bond acceptors (Lipinski definition) is 3. The summed E-state index contributed by atoms with van der Waals surface area (Å²) in [6, 6.07) is -0.689. The molecule has 1 heterocycles. The van der Waals surface area contributed by atoms with Gasteiger partial charge in [-0.25, -0.2) is 4.79 Å². The number of carboxylic acid groups (broad SMARTS) is 1. The fourth-order valence-corrected chi connectivity index (χ4v) is 2.85. The highest BCUT2D eigenvalue weighted by atomic mass is 16.4.